The van der Waals surface area contributed by atoms with Gasteiger partial charge in [0.15, 0.2) is 0 Å². The van der Waals surface area contributed by atoms with E-state index in [2.05, 4.69) is 60.6 Å². The average molecular weight is 247 g/mol. The van der Waals surface area contributed by atoms with Gasteiger partial charge in [0.05, 0.1) is 5.37 Å². The highest BCUT2D eigenvalue weighted by Gasteiger charge is 2.29. The minimum atomic E-state index is 0.602. The number of hydrogen-bond donors (Lipinski definition) is 0. The zero-order chi connectivity index (χ0) is 12.1. The van der Waals surface area contributed by atoms with Gasteiger partial charge in [0, 0.05) is 6.04 Å². The molecule has 1 heterocycles. The largest absolute Gasteiger partial charge is 0.285 e. The molecule has 0 saturated carbocycles. The molecule has 1 nitrogen and oxygen atoms in total. The lowest BCUT2D eigenvalue weighted by molar-refractivity contribution is 0.277. The van der Waals surface area contributed by atoms with Crippen molar-refractivity contribution in [1.82, 2.24) is 4.90 Å². The maximum absolute atomic E-state index is 2.62. The van der Waals surface area contributed by atoms with Crippen LogP contribution in [0.25, 0.3) is 0 Å². The van der Waals surface area contributed by atoms with Crippen LogP contribution < -0.4 is 0 Å². The molecule has 1 saturated heterocycles. The van der Waals surface area contributed by atoms with Crippen LogP contribution in [0.15, 0.2) is 48.1 Å². The van der Waals surface area contributed by atoms with Crippen molar-refractivity contribution >= 4 is 11.8 Å². The van der Waals surface area contributed by atoms with Crippen molar-refractivity contribution in [3.8, 4) is 0 Å². The fraction of sp³-hybridized carbons (Fsp3) is 0.467. The molecule has 0 aromatic carbocycles. The van der Waals surface area contributed by atoms with Crippen LogP contribution in [0.2, 0.25) is 0 Å². The lowest BCUT2D eigenvalue weighted by atomic mass is 10.0. The minimum absolute atomic E-state index is 0.602. The van der Waals surface area contributed by atoms with E-state index < -0.39 is 0 Å². The van der Waals surface area contributed by atoms with Gasteiger partial charge in [0.25, 0.3) is 0 Å². The standard InChI is InChI=1S/C15H21NS/c1-13(17-2)16-12-8-11-15(16)14-9-6-4-3-5-7-10-14/h3-7,9-10,13,15H,8,11-12H2,1-2H3. The molecule has 2 heteroatoms. The predicted octanol–water partition coefficient (Wildman–Crippen LogP) is 3.77. The zero-order valence-electron chi connectivity index (χ0n) is 10.7. The van der Waals surface area contributed by atoms with E-state index in [-0.39, 0.29) is 0 Å². The van der Waals surface area contributed by atoms with Crippen LogP contribution in [0.3, 0.4) is 0 Å². The first kappa shape index (κ1) is 12.7. The Hall–Kier alpha value is -0.730. The first-order chi connectivity index (χ1) is 8.33. The number of nitrogens with zero attached hydrogens (tertiary/aromatic N) is 1. The van der Waals surface area contributed by atoms with Crippen molar-refractivity contribution in [1.29, 1.82) is 0 Å². The quantitative estimate of drug-likeness (QED) is 0.747. The third-order valence-electron chi connectivity index (χ3n) is 3.51. The Morgan fingerprint density at radius 2 is 2.00 bits per heavy atom. The molecule has 1 aliphatic carbocycles. The highest BCUT2D eigenvalue weighted by atomic mass is 32.2. The molecule has 0 bridgehead atoms. The van der Waals surface area contributed by atoms with Crippen molar-refractivity contribution in [3.63, 3.8) is 0 Å². The lowest BCUT2D eigenvalue weighted by Gasteiger charge is -2.30. The van der Waals surface area contributed by atoms with Crippen LogP contribution in [0.1, 0.15) is 19.8 Å². The zero-order valence-corrected chi connectivity index (χ0v) is 11.5. The fourth-order valence-electron chi connectivity index (χ4n) is 2.52. The predicted molar refractivity (Wildman–Crippen MR) is 78.2 cm³/mol. The molecule has 0 aromatic rings. The van der Waals surface area contributed by atoms with Crippen LogP contribution in [-0.2, 0) is 0 Å². The van der Waals surface area contributed by atoms with Gasteiger partial charge in [-0.15, -0.1) is 11.8 Å². The van der Waals surface area contributed by atoms with E-state index in [0.29, 0.717) is 11.4 Å². The summed E-state index contributed by atoms with van der Waals surface area (Å²) in [5.74, 6) is 0. The fourth-order valence-corrected chi connectivity index (χ4v) is 3.04. The molecule has 0 N–H and O–H groups in total. The highest BCUT2D eigenvalue weighted by molar-refractivity contribution is 7.99. The summed E-state index contributed by atoms with van der Waals surface area (Å²) in [4.78, 5) is 2.62. The molecule has 17 heavy (non-hydrogen) atoms. The van der Waals surface area contributed by atoms with Gasteiger partial charge in [-0.05, 0) is 38.1 Å². The summed E-state index contributed by atoms with van der Waals surface area (Å²) in [7, 11) is 0. The Morgan fingerprint density at radius 3 is 2.82 bits per heavy atom. The van der Waals surface area contributed by atoms with E-state index in [4.69, 9.17) is 0 Å². The molecular formula is C15H21NS. The maximum Gasteiger partial charge on any atom is 0.0531 e. The van der Waals surface area contributed by atoms with E-state index in [1.165, 1.54) is 25.0 Å². The van der Waals surface area contributed by atoms with Gasteiger partial charge in [0.1, 0.15) is 0 Å². The molecule has 92 valence electrons. The highest BCUT2D eigenvalue weighted by Crippen LogP contribution is 2.29. The summed E-state index contributed by atoms with van der Waals surface area (Å²) >= 11 is 1.94. The summed E-state index contributed by atoms with van der Waals surface area (Å²) in [6.07, 6.45) is 19.9. The second-order valence-electron chi connectivity index (χ2n) is 4.53. The van der Waals surface area contributed by atoms with Crippen molar-refractivity contribution in [2.45, 2.75) is 31.2 Å². The van der Waals surface area contributed by atoms with Gasteiger partial charge >= 0.3 is 0 Å². The Kier molecular flexibility index (Phi) is 4.69. The Labute approximate surface area is 109 Å². The molecule has 2 rings (SSSR count). The van der Waals surface area contributed by atoms with E-state index in [1.807, 2.05) is 11.8 Å². The molecule has 2 unspecified atom stereocenters. The van der Waals surface area contributed by atoms with E-state index in [1.54, 1.807) is 0 Å². The van der Waals surface area contributed by atoms with Crippen molar-refractivity contribution < 1.29 is 0 Å². The van der Waals surface area contributed by atoms with Crippen molar-refractivity contribution in [2.75, 3.05) is 12.8 Å². The third kappa shape index (κ3) is 3.14. The van der Waals surface area contributed by atoms with Gasteiger partial charge in [-0.2, -0.15) is 0 Å². The lowest BCUT2D eigenvalue weighted by Crippen LogP contribution is -2.36. The molecule has 0 aromatic heterocycles. The monoisotopic (exact) mass is 247 g/mol. The maximum atomic E-state index is 2.62. The van der Waals surface area contributed by atoms with Crippen LogP contribution >= 0.6 is 11.8 Å². The summed E-state index contributed by atoms with van der Waals surface area (Å²) in [6, 6.07) is 0.602. The number of likely N-dealkylation sites (tertiary alicyclic amines) is 1. The Balaban J connectivity index is 2.15. The van der Waals surface area contributed by atoms with Crippen molar-refractivity contribution in [2.24, 2.45) is 0 Å². The van der Waals surface area contributed by atoms with Gasteiger partial charge in [-0.1, -0.05) is 42.5 Å². The van der Waals surface area contributed by atoms with E-state index in [0.717, 1.165) is 0 Å². The summed E-state index contributed by atoms with van der Waals surface area (Å²) in [5.41, 5.74) is 1.45. The van der Waals surface area contributed by atoms with Crippen LogP contribution in [0.5, 0.6) is 0 Å². The molecule has 2 aliphatic rings. The van der Waals surface area contributed by atoms with Gasteiger partial charge < -0.3 is 0 Å². The molecule has 2 atom stereocenters. The first-order valence-corrected chi connectivity index (χ1v) is 7.62. The molecule has 1 aliphatic heterocycles. The summed E-state index contributed by atoms with van der Waals surface area (Å²) < 4.78 is 0. The third-order valence-corrected chi connectivity index (χ3v) is 4.46. The van der Waals surface area contributed by atoms with Crippen LogP contribution in [-0.4, -0.2) is 29.1 Å². The van der Waals surface area contributed by atoms with Crippen molar-refractivity contribution in [3.05, 3.63) is 48.1 Å². The number of hydrogen-bond acceptors (Lipinski definition) is 2. The Bertz CT molecular complexity index is 365. The topological polar surface area (TPSA) is 3.24 Å². The molecule has 1 fully saturated rings. The molecule has 0 radical (unpaired) electrons. The first-order valence-electron chi connectivity index (χ1n) is 6.33. The Morgan fingerprint density at radius 1 is 1.24 bits per heavy atom. The SMILES string of the molecule is CSC(C)N1CCCC1C1=CC=CC=CC=C1. The normalized spacial score (nSPS) is 26.7. The van der Waals surface area contributed by atoms with Gasteiger partial charge in [0.2, 0.25) is 0 Å². The molecular weight excluding hydrogens is 226 g/mol. The molecule has 0 spiro atoms. The van der Waals surface area contributed by atoms with Crippen LogP contribution in [0.4, 0.5) is 0 Å². The van der Waals surface area contributed by atoms with Gasteiger partial charge in [-0.25, -0.2) is 0 Å². The minimum Gasteiger partial charge on any atom is -0.285 e. The number of thioether (sulfide) groups is 1. The summed E-state index contributed by atoms with van der Waals surface area (Å²) in [6.45, 7) is 3.54. The second kappa shape index (κ2) is 6.27. The van der Waals surface area contributed by atoms with E-state index in [9.17, 15) is 0 Å². The van der Waals surface area contributed by atoms with Crippen LogP contribution in [0, 0.1) is 0 Å². The smallest absolute Gasteiger partial charge is 0.0531 e. The molecule has 0 amide bonds. The number of allylic oxidation sites excluding steroid dienone is 6. The average Bonchev–Trinajstić information content (AvgIpc) is 2.76. The number of rotatable bonds is 3. The second-order valence-corrected chi connectivity index (χ2v) is 5.68. The van der Waals surface area contributed by atoms with E-state index >= 15 is 0 Å². The summed E-state index contributed by atoms with van der Waals surface area (Å²) in [5, 5.41) is 0.613. The van der Waals surface area contributed by atoms with Gasteiger partial charge in [-0.3, -0.25) is 4.90 Å².